The molecule has 0 aromatic heterocycles. The van der Waals surface area contributed by atoms with E-state index in [1.165, 1.54) is 0 Å². The minimum atomic E-state index is -3.79. The Morgan fingerprint density at radius 3 is 1.94 bits per heavy atom. The third-order valence-corrected chi connectivity index (χ3v) is 1.48. The summed E-state index contributed by atoms with van der Waals surface area (Å²) in [6.45, 7) is -0.671. The number of hydrogen-bond donors (Lipinski definition) is 4. The van der Waals surface area contributed by atoms with Crippen LogP contribution in [0.25, 0.3) is 0 Å². The fraction of sp³-hybridized carbons (Fsp3) is 0.500. The fourth-order valence-corrected chi connectivity index (χ4v) is 0.823. The normalized spacial score (nSPS) is 19.2. The summed E-state index contributed by atoms with van der Waals surface area (Å²) in [6.07, 6.45) is -2.78. The second-order valence-corrected chi connectivity index (χ2v) is 3.37. The van der Waals surface area contributed by atoms with Crippen LogP contribution in [-0.4, -0.2) is 59.7 Å². The Labute approximate surface area is 150 Å². The molecule has 18 heavy (non-hydrogen) atoms. The number of carbonyl (C=O) groups excluding carboxylic acids is 1. The van der Waals surface area contributed by atoms with Crippen molar-refractivity contribution in [3.8, 4) is 0 Å². The molecule has 2 atom stereocenters. The first-order chi connectivity index (χ1) is 7.31. The number of cyclic esters (lactones) is 1. The first kappa shape index (κ1) is 24.0. The van der Waals surface area contributed by atoms with Gasteiger partial charge in [0, 0.05) is 0 Å². The van der Waals surface area contributed by atoms with Crippen molar-refractivity contribution in [2.75, 3.05) is 6.61 Å². The molecule has 0 spiro atoms. The summed E-state index contributed by atoms with van der Waals surface area (Å²) in [5.41, 5.74) is 0. The van der Waals surface area contributed by atoms with Gasteiger partial charge in [-0.15, -0.1) is 0 Å². The summed E-state index contributed by atoms with van der Waals surface area (Å²) in [5, 5.41) is 35.0. The summed E-state index contributed by atoms with van der Waals surface area (Å²) in [5.74, 6) is -2.78. The maximum atomic E-state index is 10.5. The van der Waals surface area contributed by atoms with Crippen molar-refractivity contribution in [3.63, 3.8) is 0 Å². The van der Waals surface area contributed by atoms with Gasteiger partial charge in [-0.05, 0) is 0 Å². The van der Waals surface area contributed by atoms with Crippen LogP contribution in [0.15, 0.2) is 11.5 Å². The molecule has 94 valence electrons. The Morgan fingerprint density at radius 2 is 1.72 bits per heavy atom. The molecule has 0 fully saturated rings. The predicted octanol–water partition coefficient (Wildman–Crippen LogP) is -10.3. The van der Waals surface area contributed by atoms with Gasteiger partial charge in [-0.25, -0.2) is 4.79 Å². The number of rotatable bonds is 2. The van der Waals surface area contributed by atoms with E-state index in [4.69, 9.17) is 32.6 Å². The average molecular weight is 349 g/mol. The second kappa shape index (κ2) is 11.8. The second-order valence-electron chi connectivity index (χ2n) is 2.51. The standard InChI is InChI=1S/C6H8O6.2Na.H2O3Se/c7-1-2(8)5-3(9)4(10)6(11)12-5;;;1-4(2)3/h2,5,7-10H,1H2;;;(H2,1,2,3)/q;2*+1;/p-2/t2-,5+;;;/m0.../s1. The molecule has 1 rings (SSSR count). The quantitative estimate of drug-likeness (QED) is 0.279. The van der Waals surface area contributed by atoms with Crippen molar-refractivity contribution in [1.82, 2.24) is 0 Å². The van der Waals surface area contributed by atoms with Crippen LogP contribution in [0.3, 0.4) is 0 Å². The van der Waals surface area contributed by atoms with Gasteiger partial charge in [0.25, 0.3) is 0 Å². The van der Waals surface area contributed by atoms with Crippen molar-refractivity contribution >= 4 is 20.5 Å². The number of ether oxygens (including phenoxy) is 1. The van der Waals surface area contributed by atoms with E-state index in [9.17, 15) is 4.79 Å². The van der Waals surface area contributed by atoms with E-state index in [0.29, 0.717) is 0 Å². The van der Waals surface area contributed by atoms with Crippen LogP contribution in [0.4, 0.5) is 0 Å². The van der Waals surface area contributed by atoms with Gasteiger partial charge in [0.1, 0.15) is 6.10 Å². The van der Waals surface area contributed by atoms with Gasteiger partial charge in [0.2, 0.25) is 5.76 Å². The largest absolute Gasteiger partial charge is 1.00 e. The molecule has 1 aliphatic rings. The molecule has 4 N–H and O–H groups in total. The molecule has 1 heterocycles. The molecule has 1 aliphatic heterocycles. The topological polar surface area (TPSA) is 170 Å². The van der Waals surface area contributed by atoms with E-state index in [1.807, 2.05) is 0 Å². The fourth-order valence-electron chi connectivity index (χ4n) is 0.823. The Bertz CT molecular complexity index is 316. The summed E-state index contributed by atoms with van der Waals surface area (Å²) < 4.78 is 29.9. The number of aliphatic hydroxyl groups is 4. The van der Waals surface area contributed by atoms with Crippen LogP contribution in [0.1, 0.15) is 0 Å². The minimum absolute atomic E-state index is 0. The Morgan fingerprint density at radius 1 is 1.33 bits per heavy atom. The Hall–Kier alpha value is 0.969. The number of esters is 1. The van der Waals surface area contributed by atoms with E-state index >= 15 is 0 Å². The molecule has 0 bridgehead atoms. The van der Waals surface area contributed by atoms with E-state index in [0.717, 1.165) is 0 Å². The molecular weight excluding hydrogens is 341 g/mol. The zero-order valence-electron chi connectivity index (χ0n) is 9.60. The van der Waals surface area contributed by atoms with Gasteiger partial charge in [0.05, 0.1) is 6.61 Å². The monoisotopic (exact) mass is 350 g/mol. The Balaban J connectivity index is -0.000000332. The van der Waals surface area contributed by atoms with Crippen LogP contribution < -0.4 is 67.5 Å². The molecule has 0 aromatic rings. The van der Waals surface area contributed by atoms with E-state index in [2.05, 4.69) is 4.74 Å². The number of aliphatic hydroxyl groups excluding tert-OH is 4. The van der Waals surface area contributed by atoms with Crippen LogP contribution in [-0.2, 0) is 13.4 Å². The summed E-state index contributed by atoms with van der Waals surface area (Å²) in [7, 11) is 0. The zero-order valence-corrected chi connectivity index (χ0v) is 15.3. The molecule has 0 radical (unpaired) electrons. The molecule has 0 aromatic carbocycles. The maximum absolute atomic E-state index is 10.5. The molecular formula is C6H8Na2O9Se. The first-order valence-corrected chi connectivity index (χ1v) is 5.79. The minimum Gasteiger partial charge on any atom is 1.00 e. The van der Waals surface area contributed by atoms with E-state index in [1.54, 1.807) is 0 Å². The number of carbonyl (C=O) groups is 1. The molecule has 0 saturated carbocycles. The van der Waals surface area contributed by atoms with Crippen molar-refractivity contribution in [3.05, 3.63) is 11.5 Å². The van der Waals surface area contributed by atoms with E-state index in [-0.39, 0.29) is 59.1 Å². The van der Waals surface area contributed by atoms with Crippen molar-refractivity contribution in [1.29, 1.82) is 0 Å². The third kappa shape index (κ3) is 8.20. The van der Waals surface area contributed by atoms with Crippen LogP contribution in [0.2, 0.25) is 0 Å². The summed E-state index contributed by atoms with van der Waals surface area (Å²) in [6, 6.07) is 0. The summed E-state index contributed by atoms with van der Waals surface area (Å²) >= 11 is -3.79. The van der Waals surface area contributed by atoms with Crippen molar-refractivity contribution < 1.29 is 101 Å². The van der Waals surface area contributed by atoms with Crippen molar-refractivity contribution in [2.24, 2.45) is 0 Å². The van der Waals surface area contributed by atoms with Gasteiger partial charge < -0.3 is 25.2 Å². The van der Waals surface area contributed by atoms with E-state index < -0.39 is 50.8 Å². The SMILES string of the molecule is O=C1O[C@H]([C@@H](O)CO)C(O)=C1O.O=[Se]([O-])[O-].[Na+].[Na+]. The van der Waals surface area contributed by atoms with Gasteiger partial charge >= 0.3 is 91.8 Å². The van der Waals surface area contributed by atoms with Crippen molar-refractivity contribution in [2.45, 2.75) is 12.2 Å². The predicted molar refractivity (Wildman–Crippen MR) is 41.7 cm³/mol. The first-order valence-electron chi connectivity index (χ1n) is 3.70. The van der Waals surface area contributed by atoms with Gasteiger partial charge in [-0.1, -0.05) is 0 Å². The molecule has 0 saturated heterocycles. The molecule has 0 amide bonds. The number of hydrogen-bond acceptors (Lipinski definition) is 9. The Kier molecular flexibility index (Phi) is 15.7. The van der Waals surface area contributed by atoms with Crippen LogP contribution in [0, 0.1) is 0 Å². The smallest absolute Gasteiger partial charge is 1.00 e. The van der Waals surface area contributed by atoms with Crippen LogP contribution in [0.5, 0.6) is 0 Å². The molecule has 0 unspecified atom stereocenters. The van der Waals surface area contributed by atoms with Gasteiger partial charge in [-0.3, -0.25) is 0 Å². The summed E-state index contributed by atoms with van der Waals surface area (Å²) in [4.78, 5) is 10.5. The molecule has 12 heteroatoms. The van der Waals surface area contributed by atoms with Gasteiger partial charge in [0.15, 0.2) is 11.9 Å². The molecule has 9 nitrogen and oxygen atoms in total. The van der Waals surface area contributed by atoms with Crippen LogP contribution >= 0.6 is 0 Å². The maximum Gasteiger partial charge on any atom is 1.00 e. The zero-order chi connectivity index (χ0) is 12.9. The third-order valence-electron chi connectivity index (χ3n) is 1.48. The average Bonchev–Trinajstić information content (AvgIpc) is 2.44. The van der Waals surface area contributed by atoms with Gasteiger partial charge in [-0.2, -0.15) is 0 Å². The molecule has 0 aliphatic carbocycles.